The van der Waals surface area contributed by atoms with Gasteiger partial charge in [-0.3, -0.25) is 4.57 Å². The molecule has 14 heteroatoms. The lowest BCUT2D eigenvalue weighted by Gasteiger charge is -2.15. The molecule has 0 aliphatic carbocycles. The van der Waals surface area contributed by atoms with Gasteiger partial charge in [0.05, 0.1) is 6.54 Å². The van der Waals surface area contributed by atoms with Gasteiger partial charge in [-0.1, -0.05) is 11.6 Å². The van der Waals surface area contributed by atoms with E-state index >= 15 is 0 Å². The second-order valence-corrected chi connectivity index (χ2v) is 7.91. The molecule has 2 aromatic heterocycles. The second kappa shape index (κ2) is 8.52. The molecule has 0 amide bonds. The van der Waals surface area contributed by atoms with Crippen molar-refractivity contribution in [2.24, 2.45) is 0 Å². The first-order chi connectivity index (χ1) is 14.0. The van der Waals surface area contributed by atoms with Crippen LogP contribution in [0.15, 0.2) is 29.1 Å². The van der Waals surface area contributed by atoms with Crippen LogP contribution in [0.3, 0.4) is 0 Å². The van der Waals surface area contributed by atoms with Gasteiger partial charge in [0, 0.05) is 10.6 Å². The van der Waals surface area contributed by atoms with Crippen LogP contribution in [0.5, 0.6) is 0 Å². The van der Waals surface area contributed by atoms with Gasteiger partial charge < -0.3 is 13.9 Å². The maximum atomic E-state index is 12.9. The van der Waals surface area contributed by atoms with Crippen LogP contribution < -0.4 is 5.69 Å². The number of benzene rings is 1. The Morgan fingerprint density at radius 2 is 1.83 bits per heavy atom. The second-order valence-electron chi connectivity index (χ2n) is 6.62. The molecule has 9 nitrogen and oxygen atoms in total. The number of aromatic nitrogens is 6. The number of rotatable bonds is 6. The average Bonchev–Trinajstić information content (AvgIpc) is 3.16. The smallest absolute Gasteiger partial charge is 0.386 e. The molecule has 0 radical (unpaired) electrons. The zero-order chi connectivity index (χ0) is 22.2. The van der Waals surface area contributed by atoms with E-state index in [4.69, 9.17) is 11.6 Å². The molecule has 0 aliphatic heterocycles. The Kier molecular flexibility index (Phi) is 6.40. The fraction of sp³-hybridized carbons (Fsp3) is 0.375. The fourth-order valence-electron chi connectivity index (χ4n) is 2.81. The Bertz CT molecular complexity index is 1090. The lowest BCUT2D eigenvalue weighted by molar-refractivity contribution is -0.207. The highest BCUT2D eigenvalue weighted by atomic mass is 35.5. The molecule has 2 heterocycles. The third kappa shape index (κ3) is 4.76. The van der Waals surface area contributed by atoms with Crippen molar-refractivity contribution < 1.29 is 23.4 Å². The van der Waals surface area contributed by atoms with E-state index in [1.54, 1.807) is 0 Å². The van der Waals surface area contributed by atoms with Gasteiger partial charge in [-0.25, -0.2) is 14.5 Å². The van der Waals surface area contributed by atoms with Crippen LogP contribution in [0, 0.1) is 0 Å². The minimum Gasteiger partial charge on any atom is -0.386 e. The molecule has 2 N–H and O–H groups in total. The molecule has 0 unspecified atom stereocenters. The Labute approximate surface area is 181 Å². The number of aliphatic hydroxyl groups excluding tert-OH is 2. The molecule has 160 valence electrons. The molecule has 3 rings (SSSR count). The summed E-state index contributed by atoms with van der Waals surface area (Å²) in [5.41, 5.74) is -0.526. The van der Waals surface area contributed by atoms with Gasteiger partial charge in [-0.15, -0.1) is 5.10 Å². The monoisotopic (exact) mass is 460 g/mol. The molecular weight excluding hydrogens is 444 g/mol. The summed E-state index contributed by atoms with van der Waals surface area (Å²) in [4.78, 5) is 16.9. The first kappa shape index (κ1) is 22.5. The largest absolute Gasteiger partial charge is 0.416 e. The van der Waals surface area contributed by atoms with E-state index in [9.17, 15) is 28.2 Å². The maximum Gasteiger partial charge on any atom is 0.416 e. The molecule has 0 bridgehead atoms. The van der Waals surface area contributed by atoms with Crippen LogP contribution in [-0.4, -0.2) is 67.1 Å². The Morgan fingerprint density at radius 1 is 1.20 bits per heavy atom. The molecule has 1 aromatic carbocycles. The standard InChI is InChI=1S/C16H15ClF3N6O3.Al.2H/c1-8(27)13-21-12(22-23-13)7-26-15(29)25(6-11(28)16(18,19)20)14(24-26)9-2-4-10(17)5-3-9;;;/h2-5,8,11,27-28H,6-7H2,1H3;;;/q-1;+1;;/t8-,11+;;;/m1.../s1. The van der Waals surface area contributed by atoms with Crippen LogP contribution >= 0.6 is 11.6 Å². The number of hydrogen-bond acceptors (Lipinski definition) is 6. The van der Waals surface area contributed by atoms with E-state index in [1.807, 2.05) is 0 Å². The topological polar surface area (TPSA) is 111 Å². The molecule has 0 fully saturated rings. The summed E-state index contributed by atoms with van der Waals surface area (Å²) in [6.45, 7) is 0.269. The molecular formula is C16H17AlClF3N6O3. The summed E-state index contributed by atoms with van der Waals surface area (Å²) in [5.74, 6) is 0.419. The lowest BCUT2D eigenvalue weighted by Crippen LogP contribution is -2.37. The molecule has 0 saturated heterocycles. The van der Waals surface area contributed by atoms with E-state index in [-0.39, 0.29) is 18.2 Å². The van der Waals surface area contributed by atoms with E-state index in [1.165, 1.54) is 34.9 Å². The van der Waals surface area contributed by atoms with Crippen molar-refractivity contribution in [2.75, 3.05) is 0 Å². The summed E-state index contributed by atoms with van der Waals surface area (Å²) in [6.07, 6.45) is -8.53. The van der Waals surface area contributed by atoms with Crippen molar-refractivity contribution in [2.45, 2.75) is 38.4 Å². The molecule has 0 spiro atoms. The van der Waals surface area contributed by atoms with Crippen molar-refractivity contribution in [1.82, 2.24) is 28.1 Å². The van der Waals surface area contributed by atoms with E-state index < -0.39 is 30.6 Å². The van der Waals surface area contributed by atoms with E-state index in [2.05, 4.69) is 15.2 Å². The number of alkyl halides is 3. The van der Waals surface area contributed by atoms with Gasteiger partial charge in [0.1, 0.15) is 18.5 Å². The molecule has 3 aromatic rings. The number of halogens is 4. The number of aliphatic hydroxyl groups is 2. The first-order valence-electron chi connectivity index (χ1n) is 8.73. The zero-order valence-corrected chi connectivity index (χ0v) is 18.6. The molecule has 0 aliphatic rings. The third-order valence-corrected chi connectivity index (χ3v) is 5.17. The third-order valence-electron chi connectivity index (χ3n) is 4.26. The van der Waals surface area contributed by atoms with Crippen LogP contribution in [0.1, 0.15) is 24.7 Å². The highest BCUT2D eigenvalue weighted by Crippen LogP contribution is 2.24. The lowest BCUT2D eigenvalue weighted by atomic mass is 10.2. The summed E-state index contributed by atoms with van der Waals surface area (Å²) in [7, 11) is 0. The summed E-state index contributed by atoms with van der Waals surface area (Å²) in [5, 5.41) is 27.9. The predicted molar refractivity (Wildman–Crippen MR) is 103 cm³/mol. The molecule has 30 heavy (non-hydrogen) atoms. The van der Waals surface area contributed by atoms with Crippen molar-refractivity contribution in [3.63, 3.8) is 0 Å². The van der Waals surface area contributed by atoms with Crippen molar-refractivity contribution in [1.29, 1.82) is 0 Å². The van der Waals surface area contributed by atoms with Gasteiger partial charge >= 0.3 is 28.4 Å². The van der Waals surface area contributed by atoms with Crippen LogP contribution in [0.2, 0.25) is 5.02 Å². The van der Waals surface area contributed by atoms with Gasteiger partial charge in [0.2, 0.25) is 0 Å². The van der Waals surface area contributed by atoms with Crippen molar-refractivity contribution in [3.05, 3.63) is 51.4 Å². The highest BCUT2D eigenvalue weighted by Gasteiger charge is 2.39. The molecule has 0 saturated carbocycles. The number of hydrogen-bond donors (Lipinski definition) is 2. The minimum absolute atomic E-state index is 0.0685. The van der Waals surface area contributed by atoms with Crippen molar-refractivity contribution >= 4 is 28.1 Å². The van der Waals surface area contributed by atoms with Crippen LogP contribution in [0.4, 0.5) is 13.2 Å². The summed E-state index contributed by atoms with van der Waals surface area (Å²) in [6, 6.07) is 6.01. The normalized spacial score (nSPS) is 14.1. The Hall–Kier alpha value is -2.17. The molecule has 2 atom stereocenters. The average molecular weight is 461 g/mol. The van der Waals surface area contributed by atoms with Gasteiger partial charge in [0.15, 0.2) is 17.8 Å². The van der Waals surface area contributed by atoms with Crippen LogP contribution in [0.25, 0.3) is 11.4 Å². The van der Waals surface area contributed by atoms with E-state index in [0.29, 0.717) is 32.9 Å². The highest BCUT2D eigenvalue weighted by molar-refractivity contribution is 6.30. The van der Waals surface area contributed by atoms with E-state index in [0.717, 1.165) is 9.25 Å². The summed E-state index contributed by atoms with van der Waals surface area (Å²) >= 11 is 6.28. The Balaban J connectivity index is 2.04. The first-order valence-corrected chi connectivity index (χ1v) is 10.0. The quantitative estimate of drug-likeness (QED) is 0.514. The van der Waals surface area contributed by atoms with Gasteiger partial charge in [-0.05, 0) is 31.2 Å². The van der Waals surface area contributed by atoms with Crippen LogP contribution in [-0.2, 0) is 13.1 Å². The van der Waals surface area contributed by atoms with Gasteiger partial charge in [-0.2, -0.15) is 18.3 Å². The predicted octanol–water partition coefficient (Wildman–Crippen LogP) is 0.378. The van der Waals surface area contributed by atoms with Gasteiger partial charge in [0.25, 0.3) is 0 Å². The zero-order valence-electron chi connectivity index (χ0n) is 15.9. The summed E-state index contributed by atoms with van der Waals surface area (Å²) < 4.78 is 41.8. The fourth-order valence-corrected chi connectivity index (χ4v) is 3.64. The van der Waals surface area contributed by atoms with Crippen molar-refractivity contribution in [3.8, 4) is 11.4 Å². The maximum absolute atomic E-state index is 12.9. The minimum atomic E-state index is -4.90. The number of nitrogens with zero attached hydrogens (tertiary/aromatic N) is 6. The SMILES string of the molecule is C[C@@H](O)c1nc(Cn2nc(-c3ccc(Cl)cc3)n(C[C@H](O)C(F)(F)F)c2=O)n[n]1[AlH2]. The Morgan fingerprint density at radius 3 is 2.37 bits per heavy atom.